The summed E-state index contributed by atoms with van der Waals surface area (Å²) in [6.07, 6.45) is 2.39. The second-order valence-electron chi connectivity index (χ2n) is 3.34. The Hall–Kier alpha value is -0.860. The molecule has 3 heteroatoms. The lowest BCUT2D eigenvalue weighted by Crippen LogP contribution is -2.34. The number of methoxy groups -OCH3 is 1. The van der Waals surface area contributed by atoms with E-state index in [1.807, 2.05) is 6.92 Å². The molecule has 1 rings (SSSR count). The Labute approximate surface area is 72.1 Å². The van der Waals surface area contributed by atoms with Crippen molar-refractivity contribution in [2.45, 2.75) is 26.2 Å². The fourth-order valence-corrected chi connectivity index (χ4v) is 1.73. The summed E-state index contributed by atoms with van der Waals surface area (Å²) in [7, 11) is 1.33. The van der Waals surface area contributed by atoms with Gasteiger partial charge in [-0.1, -0.05) is 6.92 Å². The number of Topliss-reactive ketones (excluding diaryl/α,β-unsaturated/α-hetero) is 1. The maximum absolute atomic E-state index is 11.3. The van der Waals surface area contributed by atoms with E-state index in [1.54, 1.807) is 0 Å². The topological polar surface area (TPSA) is 43.4 Å². The van der Waals surface area contributed by atoms with Crippen LogP contribution in [-0.4, -0.2) is 18.9 Å². The number of hydrogen-bond acceptors (Lipinski definition) is 3. The van der Waals surface area contributed by atoms with Crippen LogP contribution < -0.4 is 0 Å². The second-order valence-corrected chi connectivity index (χ2v) is 3.34. The smallest absolute Gasteiger partial charge is 0.316 e. The highest BCUT2D eigenvalue weighted by atomic mass is 16.5. The zero-order chi connectivity index (χ0) is 9.14. The van der Waals surface area contributed by atoms with E-state index in [2.05, 4.69) is 4.74 Å². The first-order valence-electron chi connectivity index (χ1n) is 4.27. The molecule has 0 aromatic rings. The molecule has 0 aromatic heterocycles. The van der Waals surface area contributed by atoms with Crippen molar-refractivity contribution < 1.29 is 14.3 Å². The standard InChI is InChI=1S/C9H14O3/c1-6-4-3-5-7(10)8(6)9(11)12-2/h6,8H,3-5H2,1-2H3. The van der Waals surface area contributed by atoms with Crippen LogP contribution in [0.25, 0.3) is 0 Å². The Morgan fingerprint density at radius 2 is 2.25 bits per heavy atom. The third-order valence-corrected chi connectivity index (χ3v) is 2.45. The van der Waals surface area contributed by atoms with Crippen LogP contribution in [0.5, 0.6) is 0 Å². The molecule has 1 saturated carbocycles. The highest BCUT2D eigenvalue weighted by molar-refractivity contribution is 5.99. The Balaban J connectivity index is 2.69. The van der Waals surface area contributed by atoms with Gasteiger partial charge < -0.3 is 4.74 Å². The molecule has 0 bridgehead atoms. The predicted molar refractivity (Wildman–Crippen MR) is 43.5 cm³/mol. The zero-order valence-corrected chi connectivity index (χ0v) is 7.50. The van der Waals surface area contributed by atoms with Gasteiger partial charge in [0.25, 0.3) is 0 Å². The van der Waals surface area contributed by atoms with Crippen LogP contribution in [0.4, 0.5) is 0 Å². The van der Waals surface area contributed by atoms with Crippen molar-refractivity contribution in [3.05, 3.63) is 0 Å². The van der Waals surface area contributed by atoms with Crippen molar-refractivity contribution in [1.29, 1.82) is 0 Å². The molecule has 0 heterocycles. The molecule has 68 valence electrons. The van der Waals surface area contributed by atoms with E-state index in [4.69, 9.17) is 0 Å². The van der Waals surface area contributed by atoms with Gasteiger partial charge in [-0.05, 0) is 18.8 Å². The van der Waals surface area contributed by atoms with Gasteiger partial charge in [0.2, 0.25) is 0 Å². The molecule has 1 fully saturated rings. The Bertz CT molecular complexity index is 190. The molecular weight excluding hydrogens is 156 g/mol. The fourth-order valence-electron chi connectivity index (χ4n) is 1.73. The van der Waals surface area contributed by atoms with E-state index >= 15 is 0 Å². The van der Waals surface area contributed by atoms with E-state index in [0.29, 0.717) is 6.42 Å². The van der Waals surface area contributed by atoms with Crippen LogP contribution in [0.2, 0.25) is 0 Å². The molecule has 0 N–H and O–H groups in total. The Kier molecular flexibility index (Phi) is 2.84. The predicted octanol–water partition coefficient (Wildman–Crippen LogP) is 1.16. The summed E-state index contributed by atoms with van der Waals surface area (Å²) in [5, 5.41) is 0. The lowest BCUT2D eigenvalue weighted by molar-refractivity contribution is -0.152. The van der Waals surface area contributed by atoms with Gasteiger partial charge in [0.1, 0.15) is 11.7 Å². The molecule has 12 heavy (non-hydrogen) atoms. The molecule has 3 nitrogen and oxygen atoms in total. The van der Waals surface area contributed by atoms with Gasteiger partial charge in [0, 0.05) is 6.42 Å². The van der Waals surface area contributed by atoms with Gasteiger partial charge >= 0.3 is 5.97 Å². The van der Waals surface area contributed by atoms with E-state index in [0.717, 1.165) is 12.8 Å². The molecule has 1 aliphatic carbocycles. The van der Waals surface area contributed by atoms with E-state index < -0.39 is 5.92 Å². The number of esters is 1. The van der Waals surface area contributed by atoms with E-state index in [9.17, 15) is 9.59 Å². The van der Waals surface area contributed by atoms with Crippen molar-refractivity contribution in [3.63, 3.8) is 0 Å². The third-order valence-electron chi connectivity index (χ3n) is 2.45. The lowest BCUT2D eigenvalue weighted by atomic mass is 9.79. The lowest BCUT2D eigenvalue weighted by Gasteiger charge is -2.24. The number of ether oxygens (including phenoxy) is 1. The highest BCUT2D eigenvalue weighted by Gasteiger charge is 2.35. The van der Waals surface area contributed by atoms with Crippen molar-refractivity contribution >= 4 is 11.8 Å². The van der Waals surface area contributed by atoms with Crippen LogP contribution in [0.1, 0.15) is 26.2 Å². The minimum atomic E-state index is -0.497. The molecule has 0 saturated heterocycles. The Morgan fingerprint density at radius 3 is 2.75 bits per heavy atom. The Morgan fingerprint density at radius 1 is 1.58 bits per heavy atom. The van der Waals surface area contributed by atoms with Crippen molar-refractivity contribution in [1.82, 2.24) is 0 Å². The molecule has 2 unspecified atom stereocenters. The average Bonchev–Trinajstić information content (AvgIpc) is 2.03. The molecule has 0 amide bonds. The van der Waals surface area contributed by atoms with Crippen LogP contribution in [-0.2, 0) is 14.3 Å². The summed E-state index contributed by atoms with van der Waals surface area (Å²) in [4.78, 5) is 22.4. The molecule has 2 atom stereocenters. The van der Waals surface area contributed by atoms with Crippen molar-refractivity contribution in [2.24, 2.45) is 11.8 Å². The first kappa shape index (κ1) is 9.23. The molecule has 1 aliphatic rings. The summed E-state index contributed by atoms with van der Waals surface area (Å²) in [6.45, 7) is 1.93. The summed E-state index contributed by atoms with van der Waals surface area (Å²) in [5.41, 5.74) is 0. The van der Waals surface area contributed by atoms with Gasteiger partial charge in [-0.3, -0.25) is 9.59 Å². The van der Waals surface area contributed by atoms with Gasteiger partial charge in [0.05, 0.1) is 7.11 Å². The summed E-state index contributed by atoms with van der Waals surface area (Å²) >= 11 is 0. The zero-order valence-electron chi connectivity index (χ0n) is 7.50. The summed E-state index contributed by atoms with van der Waals surface area (Å²) in [6, 6.07) is 0. The maximum Gasteiger partial charge on any atom is 0.316 e. The normalized spacial score (nSPS) is 30.0. The number of rotatable bonds is 1. The minimum Gasteiger partial charge on any atom is -0.468 e. The van der Waals surface area contributed by atoms with E-state index in [1.165, 1.54) is 7.11 Å². The average molecular weight is 170 g/mol. The summed E-state index contributed by atoms with van der Waals surface area (Å²) in [5.74, 6) is -0.671. The van der Waals surface area contributed by atoms with Crippen LogP contribution >= 0.6 is 0 Å². The quantitative estimate of drug-likeness (QED) is 0.438. The van der Waals surface area contributed by atoms with Crippen molar-refractivity contribution in [2.75, 3.05) is 7.11 Å². The summed E-state index contributed by atoms with van der Waals surface area (Å²) < 4.78 is 4.57. The molecule has 0 spiro atoms. The first-order chi connectivity index (χ1) is 5.66. The van der Waals surface area contributed by atoms with E-state index in [-0.39, 0.29) is 17.7 Å². The molecule has 0 radical (unpaired) electrons. The van der Waals surface area contributed by atoms with Gasteiger partial charge in [-0.25, -0.2) is 0 Å². The van der Waals surface area contributed by atoms with Crippen LogP contribution in [0.15, 0.2) is 0 Å². The SMILES string of the molecule is COC(=O)C1C(=O)CCCC1C. The molecule has 0 aliphatic heterocycles. The fraction of sp³-hybridized carbons (Fsp3) is 0.778. The highest BCUT2D eigenvalue weighted by Crippen LogP contribution is 2.27. The van der Waals surface area contributed by atoms with Gasteiger partial charge in [-0.15, -0.1) is 0 Å². The minimum absolute atomic E-state index is 0.0422. The number of carbonyl (C=O) groups excluding carboxylic acids is 2. The second kappa shape index (κ2) is 3.70. The first-order valence-corrected chi connectivity index (χ1v) is 4.27. The molecular formula is C9H14O3. The van der Waals surface area contributed by atoms with Crippen molar-refractivity contribution in [3.8, 4) is 0 Å². The third kappa shape index (κ3) is 1.65. The largest absolute Gasteiger partial charge is 0.468 e. The van der Waals surface area contributed by atoms with Gasteiger partial charge in [-0.2, -0.15) is 0 Å². The number of hydrogen-bond donors (Lipinski definition) is 0. The van der Waals surface area contributed by atoms with Crippen LogP contribution in [0.3, 0.4) is 0 Å². The maximum atomic E-state index is 11.3. The monoisotopic (exact) mass is 170 g/mol. The number of ketones is 1. The van der Waals surface area contributed by atoms with Crippen LogP contribution in [0, 0.1) is 11.8 Å². The number of carbonyl (C=O) groups is 2. The molecule has 0 aromatic carbocycles. The van der Waals surface area contributed by atoms with Gasteiger partial charge in [0.15, 0.2) is 0 Å².